The number of hydrogen-bond acceptors (Lipinski definition) is 2. The van der Waals surface area contributed by atoms with E-state index in [0.29, 0.717) is 0 Å². The minimum Gasteiger partial charge on any atom is -0.519 e. The van der Waals surface area contributed by atoms with Gasteiger partial charge in [0.1, 0.15) is 5.58 Å². The fourth-order valence-corrected chi connectivity index (χ4v) is 7.51. The molecular formula is C48H34N4OPt-2. The molecule has 0 N–H and O–H groups in total. The molecule has 0 aliphatic rings. The van der Waals surface area contributed by atoms with Gasteiger partial charge in [0.15, 0.2) is 0 Å². The van der Waals surface area contributed by atoms with E-state index in [2.05, 4.69) is 162 Å². The van der Waals surface area contributed by atoms with E-state index in [0.717, 1.165) is 83.6 Å². The van der Waals surface area contributed by atoms with Gasteiger partial charge in [0.05, 0.1) is 33.6 Å². The third-order valence-electron chi connectivity index (χ3n) is 10.1. The Morgan fingerprint density at radius 1 is 0.685 bits per heavy atom. The fraction of sp³-hybridized carbons (Fsp3) is 0.0833. The quantitative estimate of drug-likeness (QED) is 0.128. The first-order valence-corrected chi connectivity index (χ1v) is 17.9. The molecule has 7 aromatic carbocycles. The van der Waals surface area contributed by atoms with Crippen LogP contribution in [0, 0.1) is 18.5 Å². The van der Waals surface area contributed by atoms with Gasteiger partial charge < -0.3 is 13.6 Å². The first-order valence-electron chi connectivity index (χ1n) is 17.9. The molecule has 0 amide bonds. The molecule has 0 radical (unpaired) electrons. The van der Waals surface area contributed by atoms with Crippen molar-refractivity contribution in [1.82, 2.24) is 14.1 Å². The predicted molar refractivity (Wildman–Crippen MR) is 213 cm³/mol. The van der Waals surface area contributed by atoms with Crippen LogP contribution in [0.1, 0.15) is 26.3 Å². The number of furan rings is 1. The predicted octanol–water partition coefficient (Wildman–Crippen LogP) is 11.2. The van der Waals surface area contributed by atoms with Crippen LogP contribution in [-0.2, 0) is 26.5 Å². The average molecular weight is 878 g/mol. The largest absolute Gasteiger partial charge is 0.519 e. The van der Waals surface area contributed by atoms with Crippen LogP contribution in [0.25, 0.3) is 83.6 Å². The SMILES string of the molecule is CC(C)(C)c1ccc(-n2c(-c3[c-]cccc3)nc3c(-[n+]4[c-]n(-c5[c-]ccc6c5oc5ccccc56)c5ccccc54)cccc32)c(-c2ccccc2)c1.[Pt]. The van der Waals surface area contributed by atoms with Gasteiger partial charge in [-0.2, -0.15) is 18.2 Å². The Bertz CT molecular complexity index is 2990. The van der Waals surface area contributed by atoms with Gasteiger partial charge in [-0.15, -0.1) is 35.9 Å². The Balaban J connectivity index is 0.00000384. The minimum absolute atomic E-state index is 0. The van der Waals surface area contributed by atoms with Gasteiger partial charge in [0.25, 0.3) is 6.33 Å². The molecule has 10 rings (SSSR count). The number of nitrogens with zero attached hydrogens (tertiary/aromatic N) is 4. The number of fused-ring (bicyclic) bond motifs is 5. The van der Waals surface area contributed by atoms with Gasteiger partial charge in [-0.05, 0) is 52.6 Å². The molecule has 0 spiro atoms. The monoisotopic (exact) mass is 877 g/mol. The molecule has 0 saturated carbocycles. The topological polar surface area (TPSA) is 39.8 Å². The second-order valence-electron chi connectivity index (χ2n) is 14.5. The summed E-state index contributed by atoms with van der Waals surface area (Å²) in [5.41, 5.74) is 12.7. The van der Waals surface area contributed by atoms with E-state index in [-0.39, 0.29) is 26.5 Å². The molecule has 0 saturated heterocycles. The second-order valence-corrected chi connectivity index (χ2v) is 14.5. The first-order chi connectivity index (χ1) is 25.9. The molecule has 0 aliphatic heterocycles. The van der Waals surface area contributed by atoms with Crippen molar-refractivity contribution in [3.05, 3.63) is 176 Å². The molecule has 0 fully saturated rings. The summed E-state index contributed by atoms with van der Waals surface area (Å²) in [5, 5.41) is 2.12. The zero-order chi connectivity index (χ0) is 35.7. The van der Waals surface area contributed by atoms with Crippen molar-refractivity contribution < 1.29 is 30.0 Å². The molecule has 5 nitrogen and oxygen atoms in total. The van der Waals surface area contributed by atoms with E-state index in [1.54, 1.807) is 0 Å². The van der Waals surface area contributed by atoms with E-state index in [1.165, 1.54) is 5.56 Å². The second kappa shape index (κ2) is 13.1. The van der Waals surface area contributed by atoms with E-state index >= 15 is 0 Å². The molecule has 0 unspecified atom stereocenters. The van der Waals surface area contributed by atoms with Crippen LogP contribution in [0.4, 0.5) is 0 Å². The van der Waals surface area contributed by atoms with Crippen LogP contribution >= 0.6 is 0 Å². The Hall–Kier alpha value is -6.03. The fourth-order valence-electron chi connectivity index (χ4n) is 7.51. The maximum atomic E-state index is 6.47. The van der Waals surface area contributed by atoms with Gasteiger partial charge in [-0.3, -0.25) is 9.55 Å². The first kappa shape index (κ1) is 33.8. The number of para-hydroxylation sites is 4. The van der Waals surface area contributed by atoms with Crippen molar-refractivity contribution in [1.29, 1.82) is 0 Å². The summed E-state index contributed by atoms with van der Waals surface area (Å²) in [6.45, 7) is 6.78. The van der Waals surface area contributed by atoms with Crippen molar-refractivity contribution in [2.45, 2.75) is 26.2 Å². The van der Waals surface area contributed by atoms with Crippen LogP contribution in [0.5, 0.6) is 0 Å². The average Bonchev–Trinajstić information content (AvgIpc) is 3.90. The number of imidazole rings is 2. The van der Waals surface area contributed by atoms with E-state index in [4.69, 9.17) is 9.40 Å². The van der Waals surface area contributed by atoms with Gasteiger partial charge in [-0.1, -0.05) is 111 Å². The number of rotatable bonds is 5. The molecule has 0 bridgehead atoms. The van der Waals surface area contributed by atoms with Crippen LogP contribution in [0.15, 0.2) is 156 Å². The van der Waals surface area contributed by atoms with E-state index < -0.39 is 0 Å². The molecule has 264 valence electrons. The third-order valence-corrected chi connectivity index (χ3v) is 10.1. The summed E-state index contributed by atoms with van der Waals surface area (Å²) in [6, 6.07) is 59.4. The van der Waals surface area contributed by atoms with E-state index in [9.17, 15) is 0 Å². The Kier molecular flexibility index (Phi) is 8.21. The molecule has 10 aromatic rings. The molecule has 3 heterocycles. The third kappa shape index (κ3) is 5.42. The molecule has 0 atom stereocenters. The van der Waals surface area contributed by atoms with Crippen LogP contribution in [-0.4, -0.2) is 14.1 Å². The number of aromatic nitrogens is 4. The van der Waals surface area contributed by atoms with Crippen molar-refractivity contribution >= 4 is 44.0 Å². The molecular weight excluding hydrogens is 844 g/mol. The summed E-state index contributed by atoms with van der Waals surface area (Å²) in [6.07, 6.45) is 3.71. The van der Waals surface area contributed by atoms with E-state index in [1.807, 2.05) is 42.5 Å². The standard InChI is InChI=1S/C48H34N4O.Pt/c1-48(2,3)34-28-29-38(37(30-34)32-16-6-4-7-17-32)52-42-25-15-24-41(45(42)49-47(52)33-18-8-5-9-19-33)50-31-51(40-23-12-11-22-39(40)50)43-26-14-21-36-35-20-10-13-27-44(35)53-46(36)43;/h4-18,20-25,27-30H,1-3H3;/q-2;. The van der Waals surface area contributed by atoms with Gasteiger partial charge in [0.2, 0.25) is 0 Å². The van der Waals surface area contributed by atoms with Crippen molar-refractivity contribution in [2.24, 2.45) is 0 Å². The number of hydrogen-bond donors (Lipinski definition) is 0. The van der Waals surface area contributed by atoms with Gasteiger partial charge >= 0.3 is 0 Å². The maximum absolute atomic E-state index is 6.47. The van der Waals surface area contributed by atoms with Crippen LogP contribution < -0.4 is 4.57 Å². The normalized spacial score (nSPS) is 11.8. The minimum atomic E-state index is -0.0207. The summed E-state index contributed by atoms with van der Waals surface area (Å²) in [5.74, 6) is 0.818. The molecule has 3 aromatic heterocycles. The van der Waals surface area contributed by atoms with Crippen molar-refractivity contribution in [2.75, 3.05) is 0 Å². The van der Waals surface area contributed by atoms with Crippen LogP contribution in [0.2, 0.25) is 0 Å². The Morgan fingerprint density at radius 3 is 2.30 bits per heavy atom. The summed E-state index contributed by atoms with van der Waals surface area (Å²) >= 11 is 0. The van der Waals surface area contributed by atoms with Gasteiger partial charge in [-0.25, -0.2) is 0 Å². The Morgan fingerprint density at radius 2 is 1.46 bits per heavy atom. The number of benzene rings is 7. The Labute approximate surface area is 328 Å². The van der Waals surface area contributed by atoms with Crippen molar-refractivity contribution in [3.63, 3.8) is 0 Å². The molecule has 0 aliphatic carbocycles. The zero-order valence-electron chi connectivity index (χ0n) is 29.9. The maximum Gasteiger partial charge on any atom is 0.268 e. The van der Waals surface area contributed by atoms with Gasteiger partial charge in [0, 0.05) is 43.3 Å². The summed E-state index contributed by atoms with van der Waals surface area (Å²) in [4.78, 5) is 5.46. The molecule has 6 heteroatoms. The van der Waals surface area contributed by atoms with Crippen molar-refractivity contribution in [3.8, 4) is 39.6 Å². The molecule has 54 heavy (non-hydrogen) atoms. The zero-order valence-corrected chi connectivity index (χ0v) is 32.2. The summed E-state index contributed by atoms with van der Waals surface area (Å²) < 4.78 is 12.9. The van der Waals surface area contributed by atoms with Crippen LogP contribution in [0.3, 0.4) is 0 Å². The smallest absolute Gasteiger partial charge is 0.268 e. The summed E-state index contributed by atoms with van der Waals surface area (Å²) in [7, 11) is 0.